The molecule has 4 heterocycles. The zero-order valence-corrected chi connectivity index (χ0v) is 44.4. The molecule has 6 atom stereocenters. The van der Waals surface area contributed by atoms with Gasteiger partial charge in [0.2, 0.25) is 23.6 Å². The Morgan fingerprint density at radius 2 is 1.51 bits per heavy atom. The summed E-state index contributed by atoms with van der Waals surface area (Å²) in [5.41, 5.74) is 3.76. The van der Waals surface area contributed by atoms with E-state index in [0.717, 1.165) is 49.8 Å². The fourth-order valence-electron chi connectivity index (χ4n) is 10.9. The van der Waals surface area contributed by atoms with Crippen LogP contribution < -0.4 is 32.3 Å². The van der Waals surface area contributed by atoms with Crippen LogP contribution in [0, 0.1) is 23.6 Å². The van der Waals surface area contributed by atoms with Gasteiger partial charge in [-0.15, -0.1) is 0 Å². The molecule has 6 amide bonds. The number of carbonyl (C=O) groups excluding carboxylic acids is 6. The van der Waals surface area contributed by atoms with Crippen LogP contribution in [0.25, 0.3) is 0 Å². The Balaban J connectivity index is 0.696. The van der Waals surface area contributed by atoms with E-state index < -0.39 is 59.0 Å². The van der Waals surface area contributed by atoms with E-state index in [9.17, 15) is 46.3 Å². The number of nitrogens with two attached hydrogens (primary N) is 1. The quantitative estimate of drug-likeness (QED) is 0.0475. The van der Waals surface area contributed by atoms with Gasteiger partial charge in [-0.2, -0.15) is 13.2 Å². The lowest BCUT2D eigenvalue weighted by molar-refractivity contribution is -0.272. The fourth-order valence-corrected chi connectivity index (χ4v) is 10.9. The summed E-state index contributed by atoms with van der Waals surface area (Å²) in [5.74, 6) is -6.24. The SMILES string of the molecule is C[C@H]1[C@@H](c2ccc(CNCCOCCNC(=O)C3CCC(NC(=O)CCCOC4CCC(OCCNC(=O)[C@H]5CC(=O)N(C)[C@@H]5c5cccnc5)CC4)CC3)cc2)[C@H](C(=O)Nc2cc(C(N)=O)ncc2F)O[C@@]1(C)C(F)(F)F. The van der Waals surface area contributed by atoms with E-state index in [4.69, 9.17) is 24.7 Å². The average molecular weight is 1100 g/mol. The van der Waals surface area contributed by atoms with Crippen molar-refractivity contribution in [3.05, 3.63) is 89.3 Å². The standard InChI is InChI=1S/C55H73F4N9O10/c1-33-47(49(78-54(33,2)55(57,58)59)53(74)67-43-29-44(50(60)71)65-32-42(43)56)35-10-8-34(9-11-35)30-62-21-25-75-26-22-63-51(72)36-12-14-38(15-13-36)66-45(69)7-5-24-76-39-16-18-40(19-17-39)77-27-23-64-52(73)41-28-46(70)68(3)48(41)37-6-4-20-61-31-37/h4,6,8-11,20,29,31-33,36,38-41,47-49,62H,5,7,12-19,21-28,30H2,1-3H3,(H2,60,71)(H,63,72)(H,64,73)(H,66,69)(H,65,67,74)/t33-,36?,38?,39?,40?,41-,47-,48+,49+,54+/m0/s1. The van der Waals surface area contributed by atoms with Gasteiger partial charge in [0.15, 0.2) is 11.4 Å². The summed E-state index contributed by atoms with van der Waals surface area (Å²) in [6.07, 6.45) is 5.06. The van der Waals surface area contributed by atoms with E-state index in [0.29, 0.717) is 103 Å². The van der Waals surface area contributed by atoms with Crippen molar-refractivity contribution in [2.45, 2.75) is 139 Å². The number of ether oxygens (including phenoxy) is 4. The van der Waals surface area contributed by atoms with Crippen LogP contribution in [0.3, 0.4) is 0 Å². The van der Waals surface area contributed by atoms with Crippen molar-refractivity contribution in [1.29, 1.82) is 0 Å². The number of rotatable bonds is 25. The Bertz CT molecular complexity index is 2510. The molecule has 19 nitrogen and oxygen atoms in total. The molecule has 1 aromatic carbocycles. The number of hydrogen-bond donors (Lipinski definition) is 6. The number of aromatic nitrogens is 2. The summed E-state index contributed by atoms with van der Waals surface area (Å²) in [6.45, 7) is 5.36. The maximum Gasteiger partial charge on any atom is 0.417 e. The minimum absolute atomic E-state index is 0.0203. The molecule has 0 radical (unpaired) electrons. The summed E-state index contributed by atoms with van der Waals surface area (Å²) in [5, 5.41) is 14.5. The van der Waals surface area contributed by atoms with E-state index in [1.807, 2.05) is 6.07 Å². The number of amides is 6. The van der Waals surface area contributed by atoms with Crippen LogP contribution in [0.15, 0.2) is 61.1 Å². The molecule has 2 aromatic heterocycles. The number of pyridine rings is 2. The number of benzene rings is 1. The number of primary amides is 1. The van der Waals surface area contributed by atoms with Gasteiger partial charge in [0.25, 0.3) is 11.8 Å². The van der Waals surface area contributed by atoms with Gasteiger partial charge in [-0.25, -0.2) is 9.37 Å². The van der Waals surface area contributed by atoms with Gasteiger partial charge >= 0.3 is 6.18 Å². The van der Waals surface area contributed by atoms with Crippen LogP contribution in [-0.4, -0.2) is 140 Å². The molecule has 4 aliphatic rings. The third-order valence-corrected chi connectivity index (χ3v) is 15.6. The molecule has 2 aliphatic carbocycles. The van der Waals surface area contributed by atoms with E-state index in [1.54, 1.807) is 54.7 Å². The molecule has 0 unspecified atom stereocenters. The second kappa shape index (κ2) is 27.6. The Morgan fingerprint density at radius 3 is 2.18 bits per heavy atom. The Labute approximate surface area is 451 Å². The van der Waals surface area contributed by atoms with E-state index in [2.05, 4.69) is 36.6 Å². The first kappa shape index (κ1) is 59.5. The molecular formula is C55H73F4N9O10. The zero-order chi connectivity index (χ0) is 56.0. The zero-order valence-electron chi connectivity index (χ0n) is 44.4. The van der Waals surface area contributed by atoms with Crippen molar-refractivity contribution in [2.24, 2.45) is 23.5 Å². The molecule has 2 saturated heterocycles. The highest BCUT2D eigenvalue weighted by molar-refractivity contribution is 5.97. The third-order valence-electron chi connectivity index (χ3n) is 15.6. The average Bonchev–Trinajstić information content (AvgIpc) is 4.14. The van der Waals surface area contributed by atoms with Crippen LogP contribution in [0.4, 0.5) is 23.2 Å². The number of anilines is 1. The van der Waals surface area contributed by atoms with E-state index in [-0.39, 0.29) is 66.0 Å². The first-order valence-corrected chi connectivity index (χ1v) is 26.9. The molecule has 3 aromatic rings. The topological polar surface area (TPSA) is 255 Å². The smallest absolute Gasteiger partial charge is 0.378 e. The molecule has 4 fully saturated rings. The molecular weight excluding hydrogens is 1020 g/mol. The lowest BCUT2D eigenvalue weighted by Crippen LogP contribution is -2.47. The van der Waals surface area contributed by atoms with Gasteiger partial charge in [-0.3, -0.25) is 33.8 Å². The predicted molar refractivity (Wildman–Crippen MR) is 276 cm³/mol. The molecule has 0 spiro atoms. The Morgan fingerprint density at radius 1 is 0.846 bits per heavy atom. The van der Waals surface area contributed by atoms with Crippen molar-refractivity contribution in [2.75, 3.05) is 58.4 Å². The second-order valence-electron chi connectivity index (χ2n) is 20.9. The summed E-state index contributed by atoms with van der Waals surface area (Å²) in [6, 6.07) is 11.0. The number of halogens is 4. The summed E-state index contributed by atoms with van der Waals surface area (Å²) in [7, 11) is 1.72. The van der Waals surface area contributed by atoms with Gasteiger partial charge in [-0.05, 0) is 93.5 Å². The first-order valence-electron chi connectivity index (χ1n) is 26.9. The van der Waals surface area contributed by atoms with Crippen molar-refractivity contribution in [1.82, 2.24) is 36.1 Å². The molecule has 426 valence electrons. The molecule has 0 bridgehead atoms. The van der Waals surface area contributed by atoms with Gasteiger partial charge in [0, 0.05) is 88.9 Å². The maximum absolute atomic E-state index is 14.5. The monoisotopic (exact) mass is 1100 g/mol. The highest BCUT2D eigenvalue weighted by atomic mass is 19.4. The highest BCUT2D eigenvalue weighted by Crippen LogP contribution is 2.53. The number of carbonyl (C=O) groups is 6. The molecule has 7 rings (SSSR count). The molecule has 23 heteroatoms. The number of nitrogens with one attached hydrogen (secondary N) is 5. The van der Waals surface area contributed by atoms with Crippen LogP contribution in [0.5, 0.6) is 0 Å². The van der Waals surface area contributed by atoms with Crippen molar-refractivity contribution in [3.8, 4) is 0 Å². The predicted octanol–water partition coefficient (Wildman–Crippen LogP) is 5.15. The van der Waals surface area contributed by atoms with Crippen LogP contribution in [0.1, 0.15) is 124 Å². The third kappa shape index (κ3) is 15.6. The van der Waals surface area contributed by atoms with E-state index >= 15 is 0 Å². The van der Waals surface area contributed by atoms with Crippen molar-refractivity contribution in [3.63, 3.8) is 0 Å². The number of hydrogen-bond acceptors (Lipinski definition) is 13. The maximum atomic E-state index is 14.5. The molecule has 2 aliphatic heterocycles. The Hall–Kier alpha value is -6.14. The number of likely N-dealkylation sites (tertiary alicyclic amines) is 1. The van der Waals surface area contributed by atoms with Gasteiger partial charge in [0.05, 0.1) is 55.9 Å². The summed E-state index contributed by atoms with van der Waals surface area (Å²) < 4.78 is 80.9. The normalized spacial score (nSPS) is 26.3. The largest absolute Gasteiger partial charge is 0.417 e. The van der Waals surface area contributed by atoms with Gasteiger partial charge < -0.3 is 56.2 Å². The lowest BCUT2D eigenvalue weighted by Gasteiger charge is -2.31. The molecule has 78 heavy (non-hydrogen) atoms. The lowest BCUT2D eigenvalue weighted by atomic mass is 9.77. The molecule has 7 N–H and O–H groups in total. The second-order valence-corrected chi connectivity index (χ2v) is 20.9. The van der Waals surface area contributed by atoms with Gasteiger partial charge in [-0.1, -0.05) is 37.3 Å². The highest BCUT2D eigenvalue weighted by Gasteiger charge is 2.65. The van der Waals surface area contributed by atoms with Crippen LogP contribution in [0.2, 0.25) is 0 Å². The number of nitrogens with zero attached hydrogens (tertiary/aromatic N) is 3. The summed E-state index contributed by atoms with van der Waals surface area (Å²) >= 11 is 0. The molecule has 2 saturated carbocycles. The first-order chi connectivity index (χ1) is 37.3. The number of alkyl halides is 3. The van der Waals surface area contributed by atoms with Crippen LogP contribution in [-0.2, 0) is 49.5 Å². The fraction of sp³-hybridized carbons (Fsp3) is 0.600. The van der Waals surface area contributed by atoms with Crippen molar-refractivity contribution >= 4 is 41.1 Å². The van der Waals surface area contributed by atoms with Gasteiger partial charge in [0.1, 0.15) is 11.8 Å². The minimum Gasteiger partial charge on any atom is -0.378 e. The van der Waals surface area contributed by atoms with Crippen LogP contribution >= 0.6 is 0 Å². The Kier molecular flexibility index (Phi) is 21.1. The van der Waals surface area contributed by atoms with Crippen molar-refractivity contribution < 1.29 is 65.3 Å². The minimum atomic E-state index is -4.83. The summed E-state index contributed by atoms with van der Waals surface area (Å²) in [4.78, 5) is 85.4. The van der Waals surface area contributed by atoms with E-state index in [1.165, 1.54) is 6.92 Å².